The largest absolute Gasteiger partial charge is 0.489 e. The molecule has 2 aliphatic carbocycles. The van der Waals surface area contributed by atoms with Crippen LogP contribution in [0.25, 0.3) is 22.0 Å². The van der Waals surface area contributed by atoms with Gasteiger partial charge in [-0.05, 0) is 86.5 Å². The van der Waals surface area contributed by atoms with Crippen LogP contribution in [0.5, 0.6) is 5.75 Å². The summed E-state index contributed by atoms with van der Waals surface area (Å²) in [6.07, 6.45) is 7.78. The number of aliphatic hydroxyl groups is 1. The second kappa shape index (κ2) is 11.8. The number of fused-ring (bicyclic) bond motifs is 1. The van der Waals surface area contributed by atoms with Gasteiger partial charge in [0.25, 0.3) is 5.91 Å². The number of halogens is 1. The zero-order chi connectivity index (χ0) is 29.5. The molecule has 0 spiro atoms. The normalized spacial score (nSPS) is 18.5. The zero-order valence-corrected chi connectivity index (χ0v) is 24.7. The lowest BCUT2D eigenvalue weighted by Crippen LogP contribution is -2.48. The van der Waals surface area contributed by atoms with Crippen molar-refractivity contribution >= 4 is 34.2 Å². The van der Waals surface area contributed by atoms with Gasteiger partial charge in [0, 0.05) is 23.7 Å². The number of carbonyl (C=O) groups is 2. The summed E-state index contributed by atoms with van der Waals surface area (Å²) >= 11 is 6.47. The molecule has 2 N–H and O–H groups in total. The smallest absolute Gasteiger partial charge is 0.292 e. The van der Waals surface area contributed by atoms with Gasteiger partial charge >= 0.3 is 0 Å². The number of likely N-dealkylation sites (tertiary alicyclic amines) is 1. The lowest BCUT2D eigenvalue weighted by Gasteiger charge is -2.28. The molecule has 7 rings (SSSR count). The molecule has 43 heavy (non-hydrogen) atoms. The van der Waals surface area contributed by atoms with Crippen LogP contribution in [0.1, 0.15) is 66.6 Å². The van der Waals surface area contributed by atoms with Gasteiger partial charge in [-0.25, -0.2) is 0 Å². The molecule has 2 heterocycles. The number of ether oxygens (including phenoxy) is 1. The number of aliphatic hydroxyl groups excluding tert-OH is 1. The van der Waals surface area contributed by atoms with E-state index in [1.165, 1.54) is 12.8 Å². The van der Waals surface area contributed by atoms with E-state index in [2.05, 4.69) is 33.2 Å². The summed E-state index contributed by atoms with van der Waals surface area (Å²) < 4.78 is 7.88. The predicted octanol–water partition coefficient (Wildman–Crippen LogP) is 5.73. The number of rotatable bonds is 11. The fourth-order valence-corrected chi connectivity index (χ4v) is 6.02. The van der Waals surface area contributed by atoms with E-state index in [4.69, 9.17) is 21.4 Å². The first-order chi connectivity index (χ1) is 20.9. The SMILES string of the molecule is O=C(N[C@H](CN1CCCC1)[C@H](O)c1ccc(OC2CC2)c(Cl)c1)C(=O)c1ccc(-c2ccc3cn(C4CC4)nc3c2)cc1. The van der Waals surface area contributed by atoms with Crippen molar-refractivity contribution in [3.63, 3.8) is 0 Å². The summed E-state index contributed by atoms with van der Waals surface area (Å²) in [5, 5.41) is 20.4. The highest BCUT2D eigenvalue weighted by atomic mass is 35.5. The number of amides is 1. The molecule has 8 nitrogen and oxygen atoms in total. The van der Waals surface area contributed by atoms with Crippen LogP contribution in [0.15, 0.2) is 66.9 Å². The third-order valence-electron chi connectivity index (χ3n) is 8.60. The number of carbonyl (C=O) groups excluding carboxylic acids is 2. The van der Waals surface area contributed by atoms with Gasteiger partial charge in [-0.1, -0.05) is 54.1 Å². The van der Waals surface area contributed by atoms with E-state index in [-0.39, 0.29) is 6.10 Å². The second-order valence-electron chi connectivity index (χ2n) is 12.1. The Hall–Kier alpha value is -3.72. The van der Waals surface area contributed by atoms with Crippen molar-refractivity contribution in [1.82, 2.24) is 20.0 Å². The molecule has 0 radical (unpaired) electrons. The van der Waals surface area contributed by atoms with E-state index in [0.29, 0.717) is 34.5 Å². The third kappa shape index (κ3) is 6.32. The maximum Gasteiger partial charge on any atom is 0.292 e. The number of hydrogen-bond donors (Lipinski definition) is 2. The fourth-order valence-electron chi connectivity index (χ4n) is 5.78. The number of ketones is 1. The minimum Gasteiger partial charge on any atom is -0.489 e. The zero-order valence-electron chi connectivity index (χ0n) is 23.9. The maximum absolute atomic E-state index is 13.2. The van der Waals surface area contributed by atoms with Crippen LogP contribution in [0.2, 0.25) is 5.02 Å². The van der Waals surface area contributed by atoms with Crippen LogP contribution < -0.4 is 10.1 Å². The Morgan fingerprint density at radius 3 is 2.42 bits per heavy atom. The quantitative estimate of drug-likeness (QED) is 0.169. The monoisotopic (exact) mass is 598 g/mol. The van der Waals surface area contributed by atoms with E-state index in [9.17, 15) is 14.7 Å². The van der Waals surface area contributed by atoms with Crippen molar-refractivity contribution in [2.24, 2.45) is 0 Å². The Kier molecular flexibility index (Phi) is 7.67. The Morgan fingerprint density at radius 1 is 0.977 bits per heavy atom. The van der Waals surface area contributed by atoms with E-state index < -0.39 is 23.8 Å². The van der Waals surface area contributed by atoms with Crippen LogP contribution in [-0.2, 0) is 4.79 Å². The van der Waals surface area contributed by atoms with Gasteiger partial charge < -0.3 is 20.1 Å². The summed E-state index contributed by atoms with van der Waals surface area (Å²) in [5.74, 6) is -0.801. The Labute approximate surface area is 255 Å². The molecule has 1 aromatic heterocycles. The van der Waals surface area contributed by atoms with Gasteiger partial charge in [0.15, 0.2) is 0 Å². The van der Waals surface area contributed by atoms with Crippen LogP contribution in [-0.4, -0.2) is 63.3 Å². The highest BCUT2D eigenvalue weighted by Crippen LogP contribution is 2.36. The summed E-state index contributed by atoms with van der Waals surface area (Å²) in [4.78, 5) is 28.6. The molecule has 2 saturated carbocycles. The average molecular weight is 599 g/mol. The molecule has 1 amide bonds. The number of nitrogens with zero attached hydrogens (tertiary/aromatic N) is 3. The maximum atomic E-state index is 13.2. The molecule has 1 saturated heterocycles. The summed E-state index contributed by atoms with van der Waals surface area (Å²) in [6, 6.07) is 18.3. The fraction of sp³-hybridized carbons (Fsp3) is 0.382. The summed E-state index contributed by atoms with van der Waals surface area (Å²) in [7, 11) is 0. The predicted molar refractivity (Wildman–Crippen MR) is 165 cm³/mol. The molecule has 2 atom stereocenters. The number of Topliss-reactive ketones (excluding diaryl/α,β-unsaturated/α-hetero) is 1. The first kappa shape index (κ1) is 28.1. The van der Waals surface area contributed by atoms with Crippen LogP contribution in [0, 0.1) is 0 Å². The average Bonchev–Trinajstić information content (AvgIpc) is 3.95. The molecular formula is C34H35ClN4O4. The molecule has 4 aromatic rings. The minimum atomic E-state index is -1.05. The molecule has 3 aromatic carbocycles. The third-order valence-corrected chi connectivity index (χ3v) is 8.89. The molecule has 3 aliphatic rings. The number of aromatic nitrogens is 2. The number of hydrogen-bond acceptors (Lipinski definition) is 6. The molecule has 1 aliphatic heterocycles. The molecular weight excluding hydrogens is 564 g/mol. The standard InChI is InChI=1S/C34H35ClN4O4/c35-28-17-24(9-14-31(28)43-27-12-13-27)32(40)30(20-38-15-1-2-16-38)36-34(42)33(41)22-5-3-21(4-6-22)23-7-8-25-19-39(26-10-11-26)37-29(25)18-23/h3-9,14,17-19,26-27,30,32,40H,1-2,10-13,15-16,20H2,(H,36,42)/t30-,32-/m1/s1. The van der Waals surface area contributed by atoms with E-state index in [1.807, 2.05) is 18.2 Å². The van der Waals surface area contributed by atoms with Gasteiger partial charge in [0.05, 0.1) is 28.7 Å². The van der Waals surface area contributed by atoms with Crippen molar-refractivity contribution in [2.45, 2.75) is 62.8 Å². The first-order valence-corrected chi connectivity index (χ1v) is 15.6. The van der Waals surface area contributed by atoms with Crippen molar-refractivity contribution in [3.8, 4) is 16.9 Å². The van der Waals surface area contributed by atoms with Gasteiger partial charge in [0.1, 0.15) is 11.9 Å². The van der Waals surface area contributed by atoms with E-state index in [1.54, 1.807) is 30.3 Å². The van der Waals surface area contributed by atoms with Gasteiger partial charge in [-0.2, -0.15) is 5.10 Å². The molecule has 0 bridgehead atoms. The minimum absolute atomic E-state index is 0.205. The van der Waals surface area contributed by atoms with E-state index >= 15 is 0 Å². The van der Waals surface area contributed by atoms with Gasteiger partial charge in [-0.3, -0.25) is 14.3 Å². The van der Waals surface area contributed by atoms with Crippen molar-refractivity contribution in [2.75, 3.05) is 19.6 Å². The Morgan fingerprint density at radius 2 is 1.72 bits per heavy atom. The van der Waals surface area contributed by atoms with Gasteiger partial charge in [-0.15, -0.1) is 0 Å². The van der Waals surface area contributed by atoms with Crippen molar-refractivity contribution in [1.29, 1.82) is 0 Å². The molecule has 9 heteroatoms. The molecule has 222 valence electrons. The van der Waals surface area contributed by atoms with Crippen LogP contribution in [0.3, 0.4) is 0 Å². The summed E-state index contributed by atoms with van der Waals surface area (Å²) in [5.41, 5.74) is 3.73. The van der Waals surface area contributed by atoms with E-state index in [0.717, 1.165) is 60.8 Å². The van der Waals surface area contributed by atoms with Crippen molar-refractivity contribution in [3.05, 3.63) is 83.0 Å². The molecule has 3 fully saturated rings. The van der Waals surface area contributed by atoms with Crippen LogP contribution >= 0.6 is 11.6 Å². The number of nitrogens with one attached hydrogen (secondary N) is 1. The lowest BCUT2D eigenvalue weighted by molar-refractivity contribution is -0.118. The topological polar surface area (TPSA) is 96.7 Å². The highest BCUT2D eigenvalue weighted by Gasteiger charge is 2.30. The second-order valence-corrected chi connectivity index (χ2v) is 12.5. The van der Waals surface area contributed by atoms with Gasteiger partial charge in [0.2, 0.25) is 5.78 Å². The number of benzene rings is 3. The van der Waals surface area contributed by atoms with Crippen molar-refractivity contribution < 1.29 is 19.4 Å². The Balaban J connectivity index is 1.05. The van der Waals surface area contributed by atoms with Crippen LogP contribution in [0.4, 0.5) is 0 Å². The first-order valence-electron chi connectivity index (χ1n) is 15.2. The molecule has 0 unspecified atom stereocenters. The highest BCUT2D eigenvalue weighted by molar-refractivity contribution is 6.42. The Bertz CT molecular complexity index is 1650. The summed E-state index contributed by atoms with van der Waals surface area (Å²) in [6.45, 7) is 2.20. The lowest BCUT2D eigenvalue weighted by atomic mass is 9.99.